The molecule has 1 saturated heterocycles. The first-order chi connectivity index (χ1) is 10.9. The predicted octanol–water partition coefficient (Wildman–Crippen LogP) is 2.22. The molecule has 114 valence electrons. The molecule has 6 heteroatoms. The third kappa shape index (κ3) is 2.34. The standard InChI is InChI=1S/C16H19N5S/c17-5-6-20-7-9-21(10-8-20)15-14-12-3-1-2-4-13(12)22-16(14)19-11-18-15/h11H,1-4,6-10H2. The van der Waals surface area contributed by atoms with Crippen LogP contribution in [0.2, 0.25) is 0 Å². The van der Waals surface area contributed by atoms with E-state index >= 15 is 0 Å². The quantitative estimate of drug-likeness (QED) is 0.796. The summed E-state index contributed by atoms with van der Waals surface area (Å²) in [5.41, 5.74) is 1.50. The van der Waals surface area contributed by atoms with Gasteiger partial charge >= 0.3 is 0 Å². The third-order valence-corrected chi connectivity index (χ3v) is 5.90. The molecule has 2 aromatic heterocycles. The number of hydrogen-bond acceptors (Lipinski definition) is 6. The van der Waals surface area contributed by atoms with Gasteiger partial charge in [0.25, 0.3) is 0 Å². The van der Waals surface area contributed by atoms with Gasteiger partial charge in [-0.3, -0.25) is 4.90 Å². The summed E-state index contributed by atoms with van der Waals surface area (Å²) in [6, 6.07) is 2.24. The zero-order valence-corrected chi connectivity index (χ0v) is 13.4. The van der Waals surface area contributed by atoms with Crippen LogP contribution >= 0.6 is 11.3 Å². The highest BCUT2D eigenvalue weighted by molar-refractivity contribution is 7.19. The Kier molecular flexibility index (Phi) is 3.68. The van der Waals surface area contributed by atoms with Crippen LogP contribution in [0.3, 0.4) is 0 Å². The van der Waals surface area contributed by atoms with Crippen LogP contribution in [0, 0.1) is 11.3 Å². The van der Waals surface area contributed by atoms with Crippen LogP contribution in [-0.4, -0.2) is 47.6 Å². The average Bonchev–Trinajstić information content (AvgIpc) is 2.94. The van der Waals surface area contributed by atoms with Gasteiger partial charge in [-0.25, -0.2) is 9.97 Å². The minimum atomic E-state index is 0.529. The topological polar surface area (TPSA) is 56.1 Å². The second kappa shape index (κ2) is 5.82. The average molecular weight is 313 g/mol. The molecule has 0 spiro atoms. The molecule has 1 fully saturated rings. The first-order valence-corrected chi connectivity index (χ1v) is 8.78. The number of piperazine rings is 1. The molecule has 22 heavy (non-hydrogen) atoms. The highest BCUT2D eigenvalue weighted by atomic mass is 32.1. The first kappa shape index (κ1) is 13.9. The van der Waals surface area contributed by atoms with Crippen LogP contribution in [0.1, 0.15) is 23.3 Å². The molecular formula is C16H19N5S. The van der Waals surface area contributed by atoms with E-state index in [0.717, 1.165) is 36.8 Å². The van der Waals surface area contributed by atoms with Crippen molar-refractivity contribution < 1.29 is 0 Å². The molecule has 1 aliphatic carbocycles. The lowest BCUT2D eigenvalue weighted by Crippen LogP contribution is -2.46. The number of anilines is 1. The highest BCUT2D eigenvalue weighted by Crippen LogP contribution is 2.39. The van der Waals surface area contributed by atoms with E-state index in [0.29, 0.717) is 6.54 Å². The van der Waals surface area contributed by atoms with E-state index in [1.165, 1.54) is 41.5 Å². The Balaban J connectivity index is 1.68. The van der Waals surface area contributed by atoms with E-state index in [-0.39, 0.29) is 0 Å². The number of fused-ring (bicyclic) bond motifs is 3. The molecule has 0 aromatic carbocycles. The highest BCUT2D eigenvalue weighted by Gasteiger charge is 2.24. The number of aryl methyl sites for hydroxylation is 2. The van der Waals surface area contributed by atoms with Crippen molar-refractivity contribution in [3.63, 3.8) is 0 Å². The van der Waals surface area contributed by atoms with E-state index in [1.807, 2.05) is 11.3 Å². The predicted molar refractivity (Wildman–Crippen MR) is 88.3 cm³/mol. The van der Waals surface area contributed by atoms with Gasteiger partial charge in [-0.2, -0.15) is 5.26 Å². The monoisotopic (exact) mass is 313 g/mol. The number of nitrogens with zero attached hydrogens (tertiary/aromatic N) is 5. The Bertz CT molecular complexity index is 724. The Morgan fingerprint density at radius 3 is 2.77 bits per heavy atom. The normalized spacial score (nSPS) is 19.1. The maximum Gasteiger partial charge on any atom is 0.141 e. The molecule has 0 saturated carbocycles. The summed E-state index contributed by atoms with van der Waals surface area (Å²) >= 11 is 1.86. The van der Waals surface area contributed by atoms with Crippen molar-refractivity contribution in [3.8, 4) is 6.07 Å². The van der Waals surface area contributed by atoms with Gasteiger partial charge in [-0.05, 0) is 31.2 Å². The summed E-state index contributed by atoms with van der Waals surface area (Å²) < 4.78 is 0. The number of nitriles is 1. The van der Waals surface area contributed by atoms with Crippen molar-refractivity contribution in [2.45, 2.75) is 25.7 Å². The lowest BCUT2D eigenvalue weighted by atomic mass is 9.97. The number of hydrogen-bond donors (Lipinski definition) is 0. The van der Waals surface area contributed by atoms with E-state index in [1.54, 1.807) is 6.33 Å². The summed E-state index contributed by atoms with van der Waals surface area (Å²) in [5.74, 6) is 1.11. The lowest BCUT2D eigenvalue weighted by molar-refractivity contribution is 0.286. The second-order valence-electron chi connectivity index (χ2n) is 6.01. The molecule has 3 heterocycles. The van der Waals surface area contributed by atoms with Crippen LogP contribution in [0.5, 0.6) is 0 Å². The fourth-order valence-corrected chi connectivity index (χ4v) is 4.75. The molecule has 4 rings (SSSR count). The van der Waals surface area contributed by atoms with Crippen molar-refractivity contribution in [2.75, 3.05) is 37.6 Å². The zero-order chi connectivity index (χ0) is 14.9. The minimum Gasteiger partial charge on any atom is -0.353 e. The van der Waals surface area contributed by atoms with Crippen LogP contribution in [0.4, 0.5) is 5.82 Å². The number of rotatable bonds is 2. The van der Waals surface area contributed by atoms with Gasteiger partial charge in [0.1, 0.15) is 17.0 Å². The van der Waals surface area contributed by atoms with Crippen LogP contribution in [0.25, 0.3) is 10.2 Å². The Labute approximate surface area is 134 Å². The molecule has 0 amide bonds. The maximum atomic E-state index is 8.82. The van der Waals surface area contributed by atoms with Gasteiger partial charge in [-0.15, -0.1) is 11.3 Å². The summed E-state index contributed by atoms with van der Waals surface area (Å²) in [4.78, 5) is 16.4. The molecule has 5 nitrogen and oxygen atoms in total. The van der Waals surface area contributed by atoms with Crippen molar-refractivity contribution in [1.82, 2.24) is 14.9 Å². The van der Waals surface area contributed by atoms with Crippen LogP contribution < -0.4 is 4.90 Å². The Hall–Kier alpha value is -1.71. The molecule has 2 aromatic rings. The largest absolute Gasteiger partial charge is 0.353 e. The van der Waals surface area contributed by atoms with Crippen LogP contribution in [0.15, 0.2) is 6.33 Å². The van der Waals surface area contributed by atoms with Crippen molar-refractivity contribution in [3.05, 3.63) is 16.8 Å². The van der Waals surface area contributed by atoms with Gasteiger partial charge in [0.2, 0.25) is 0 Å². The molecule has 1 aliphatic heterocycles. The van der Waals surface area contributed by atoms with Crippen molar-refractivity contribution in [2.24, 2.45) is 0 Å². The summed E-state index contributed by atoms with van der Waals surface area (Å²) in [7, 11) is 0. The maximum absolute atomic E-state index is 8.82. The van der Waals surface area contributed by atoms with E-state index in [2.05, 4.69) is 25.8 Å². The SMILES string of the molecule is N#CCN1CCN(c2ncnc3sc4c(c23)CCCC4)CC1. The lowest BCUT2D eigenvalue weighted by Gasteiger charge is -2.34. The van der Waals surface area contributed by atoms with E-state index in [9.17, 15) is 0 Å². The molecule has 2 aliphatic rings. The van der Waals surface area contributed by atoms with Gasteiger partial charge in [0, 0.05) is 31.1 Å². The number of thiophene rings is 1. The zero-order valence-electron chi connectivity index (χ0n) is 12.6. The smallest absolute Gasteiger partial charge is 0.141 e. The summed E-state index contributed by atoms with van der Waals surface area (Å²) in [6.07, 6.45) is 6.66. The fourth-order valence-electron chi connectivity index (χ4n) is 3.53. The number of aromatic nitrogens is 2. The van der Waals surface area contributed by atoms with Crippen LogP contribution in [-0.2, 0) is 12.8 Å². The van der Waals surface area contributed by atoms with Gasteiger partial charge in [0.15, 0.2) is 0 Å². The molecule has 0 atom stereocenters. The molecule has 0 unspecified atom stereocenters. The molecule has 0 bridgehead atoms. The third-order valence-electron chi connectivity index (χ3n) is 4.70. The fraction of sp³-hybridized carbons (Fsp3) is 0.562. The minimum absolute atomic E-state index is 0.529. The van der Waals surface area contributed by atoms with Gasteiger partial charge in [0.05, 0.1) is 18.0 Å². The first-order valence-electron chi connectivity index (χ1n) is 7.96. The van der Waals surface area contributed by atoms with Crippen molar-refractivity contribution in [1.29, 1.82) is 5.26 Å². The Morgan fingerprint density at radius 1 is 1.14 bits per heavy atom. The summed E-state index contributed by atoms with van der Waals surface area (Å²) in [5, 5.41) is 10.1. The molecule has 0 radical (unpaired) electrons. The van der Waals surface area contributed by atoms with E-state index in [4.69, 9.17) is 5.26 Å². The molecule has 0 N–H and O–H groups in total. The molecular weight excluding hydrogens is 294 g/mol. The van der Waals surface area contributed by atoms with E-state index < -0.39 is 0 Å². The van der Waals surface area contributed by atoms with Crippen molar-refractivity contribution >= 4 is 27.4 Å². The second-order valence-corrected chi connectivity index (χ2v) is 7.09. The summed E-state index contributed by atoms with van der Waals surface area (Å²) in [6.45, 7) is 4.29. The van der Waals surface area contributed by atoms with Gasteiger partial charge < -0.3 is 4.90 Å². The Morgan fingerprint density at radius 2 is 1.95 bits per heavy atom. The van der Waals surface area contributed by atoms with Gasteiger partial charge in [-0.1, -0.05) is 0 Å².